The maximum Gasteiger partial charge on any atom is 0.405 e. The maximum atomic E-state index is 12.5. The Labute approximate surface area is 109 Å². The summed E-state index contributed by atoms with van der Waals surface area (Å²) in [6.45, 7) is -0.180. The molecule has 19 heavy (non-hydrogen) atoms. The van der Waals surface area contributed by atoms with Crippen molar-refractivity contribution in [3.63, 3.8) is 0 Å². The maximum absolute atomic E-state index is 12.5. The van der Waals surface area contributed by atoms with Crippen LogP contribution in [0.1, 0.15) is 18.2 Å². The summed E-state index contributed by atoms with van der Waals surface area (Å²) in [4.78, 5) is 5.06. The van der Waals surface area contributed by atoms with Crippen LogP contribution in [0.3, 0.4) is 0 Å². The molecule has 0 atom stereocenters. The molecule has 1 aromatic heterocycles. The van der Waals surface area contributed by atoms with Gasteiger partial charge in [-0.3, -0.25) is 0 Å². The molecule has 108 valence electrons. The summed E-state index contributed by atoms with van der Waals surface area (Å²) in [5.41, 5.74) is 1.11. The second kappa shape index (κ2) is 6.72. The summed E-state index contributed by atoms with van der Waals surface area (Å²) in [7, 11) is 0. The van der Waals surface area contributed by atoms with Crippen molar-refractivity contribution >= 4 is 5.82 Å². The molecule has 0 amide bonds. The van der Waals surface area contributed by atoms with Crippen molar-refractivity contribution in [2.24, 2.45) is 0 Å². The average Bonchev–Trinajstić information content (AvgIpc) is 2.36. The lowest BCUT2D eigenvalue weighted by Crippen LogP contribution is -2.37. The lowest BCUT2D eigenvalue weighted by Gasteiger charge is -2.25. The number of hydrogen-bond acceptors (Lipinski definition) is 4. The number of aromatic nitrogens is 1. The minimum Gasteiger partial charge on any atom is -0.395 e. The smallest absolute Gasteiger partial charge is 0.395 e. The van der Waals surface area contributed by atoms with E-state index in [-0.39, 0.29) is 19.0 Å². The Morgan fingerprint density at radius 2 is 1.95 bits per heavy atom. The van der Waals surface area contributed by atoms with Crippen LogP contribution in [-0.2, 0) is 13.0 Å². The van der Waals surface area contributed by atoms with Crippen LogP contribution in [-0.4, -0.2) is 41.1 Å². The zero-order chi connectivity index (χ0) is 14.5. The molecule has 7 heteroatoms. The molecule has 1 heterocycles. The number of pyridine rings is 1. The topological polar surface area (TPSA) is 56.6 Å². The van der Waals surface area contributed by atoms with Gasteiger partial charge in [0, 0.05) is 12.2 Å². The van der Waals surface area contributed by atoms with Crippen molar-refractivity contribution in [1.82, 2.24) is 4.98 Å². The van der Waals surface area contributed by atoms with E-state index in [1.165, 1.54) is 6.07 Å². The van der Waals surface area contributed by atoms with Gasteiger partial charge in [0.25, 0.3) is 0 Å². The van der Waals surface area contributed by atoms with Gasteiger partial charge in [-0.25, -0.2) is 4.98 Å². The van der Waals surface area contributed by atoms with Gasteiger partial charge in [-0.15, -0.1) is 0 Å². The molecule has 0 bridgehead atoms. The van der Waals surface area contributed by atoms with Gasteiger partial charge >= 0.3 is 6.18 Å². The van der Waals surface area contributed by atoms with Crippen LogP contribution >= 0.6 is 0 Å². The van der Waals surface area contributed by atoms with Crippen LogP contribution in [0, 0.1) is 0 Å². The first-order valence-electron chi connectivity index (χ1n) is 5.93. The van der Waals surface area contributed by atoms with E-state index >= 15 is 0 Å². The zero-order valence-corrected chi connectivity index (χ0v) is 10.6. The Kier molecular flexibility index (Phi) is 5.56. The number of aliphatic hydroxyl groups excluding tert-OH is 2. The van der Waals surface area contributed by atoms with Crippen molar-refractivity contribution in [2.75, 3.05) is 24.6 Å². The normalized spacial score (nSPS) is 11.7. The van der Waals surface area contributed by atoms with E-state index in [2.05, 4.69) is 4.98 Å². The third kappa shape index (κ3) is 5.04. The Hall–Kier alpha value is -1.34. The molecule has 4 nitrogen and oxygen atoms in total. The summed E-state index contributed by atoms with van der Waals surface area (Å²) in [5, 5.41) is 18.0. The van der Waals surface area contributed by atoms with Crippen LogP contribution in [0.25, 0.3) is 0 Å². The lowest BCUT2D eigenvalue weighted by molar-refractivity contribution is -0.120. The van der Waals surface area contributed by atoms with E-state index in [1.807, 2.05) is 6.92 Å². The molecule has 0 spiro atoms. The largest absolute Gasteiger partial charge is 0.405 e. The van der Waals surface area contributed by atoms with Crippen molar-refractivity contribution in [3.8, 4) is 0 Å². The van der Waals surface area contributed by atoms with Gasteiger partial charge in [-0.05, 0) is 24.1 Å². The number of hydrogen-bond donors (Lipinski definition) is 2. The molecular weight excluding hydrogens is 261 g/mol. The fourth-order valence-corrected chi connectivity index (χ4v) is 1.68. The molecule has 0 radical (unpaired) electrons. The van der Waals surface area contributed by atoms with Crippen molar-refractivity contribution in [2.45, 2.75) is 26.1 Å². The molecule has 0 fully saturated rings. The van der Waals surface area contributed by atoms with Crippen molar-refractivity contribution in [3.05, 3.63) is 23.4 Å². The number of anilines is 1. The SMILES string of the molecule is CCc1cc(CO)cc(N(CCO)CC(F)(F)F)n1. The first kappa shape index (κ1) is 15.7. The predicted octanol–water partition coefficient (Wildman–Crippen LogP) is 1.50. The first-order chi connectivity index (χ1) is 8.89. The number of rotatable bonds is 6. The number of nitrogens with zero attached hydrogens (tertiary/aromatic N) is 2. The van der Waals surface area contributed by atoms with E-state index in [9.17, 15) is 13.2 Å². The fourth-order valence-electron chi connectivity index (χ4n) is 1.68. The van der Waals surface area contributed by atoms with Gasteiger partial charge < -0.3 is 15.1 Å². The first-order valence-corrected chi connectivity index (χ1v) is 5.93. The fraction of sp³-hybridized carbons (Fsp3) is 0.583. The standard InChI is InChI=1S/C12H17F3N2O2/c1-2-10-5-9(7-19)6-11(16-10)17(3-4-18)8-12(13,14)15/h5-6,18-19H,2-4,7-8H2,1H3. The Bertz CT molecular complexity index is 388. The molecule has 0 unspecified atom stereocenters. The quantitative estimate of drug-likeness (QED) is 0.828. The third-order valence-electron chi connectivity index (χ3n) is 2.53. The van der Waals surface area contributed by atoms with E-state index in [4.69, 9.17) is 10.2 Å². The van der Waals surface area contributed by atoms with Crippen LogP contribution in [0.15, 0.2) is 12.1 Å². The molecule has 0 aliphatic heterocycles. The average molecular weight is 278 g/mol. The van der Waals surface area contributed by atoms with Gasteiger partial charge in [0.2, 0.25) is 0 Å². The number of halogens is 3. The molecule has 1 rings (SSSR count). The van der Waals surface area contributed by atoms with Gasteiger partial charge in [0.15, 0.2) is 0 Å². The number of aliphatic hydroxyl groups is 2. The molecule has 0 aliphatic rings. The molecule has 0 aliphatic carbocycles. The Morgan fingerprint density at radius 3 is 2.42 bits per heavy atom. The van der Waals surface area contributed by atoms with Crippen LogP contribution < -0.4 is 4.90 Å². The summed E-state index contributed by atoms with van der Waals surface area (Å²) >= 11 is 0. The van der Waals surface area contributed by atoms with E-state index < -0.39 is 19.3 Å². The molecule has 2 N–H and O–H groups in total. The predicted molar refractivity (Wildman–Crippen MR) is 64.9 cm³/mol. The van der Waals surface area contributed by atoms with Crippen LogP contribution in [0.4, 0.5) is 19.0 Å². The summed E-state index contributed by atoms with van der Waals surface area (Å²) in [6, 6.07) is 3.05. The number of aryl methyl sites for hydroxylation is 1. The molecule has 0 saturated carbocycles. The number of alkyl halides is 3. The Morgan fingerprint density at radius 1 is 1.26 bits per heavy atom. The highest BCUT2D eigenvalue weighted by Gasteiger charge is 2.31. The third-order valence-corrected chi connectivity index (χ3v) is 2.53. The van der Waals surface area contributed by atoms with Gasteiger partial charge in [0.1, 0.15) is 12.4 Å². The van der Waals surface area contributed by atoms with Gasteiger partial charge in [-0.2, -0.15) is 13.2 Å². The minimum absolute atomic E-state index is 0.120. The van der Waals surface area contributed by atoms with Gasteiger partial charge in [-0.1, -0.05) is 6.92 Å². The second-order valence-corrected chi connectivity index (χ2v) is 4.10. The van der Waals surface area contributed by atoms with E-state index in [0.29, 0.717) is 17.7 Å². The van der Waals surface area contributed by atoms with Crippen LogP contribution in [0.5, 0.6) is 0 Å². The van der Waals surface area contributed by atoms with Gasteiger partial charge in [0.05, 0.1) is 13.2 Å². The Balaban J connectivity index is 3.06. The molecule has 0 aromatic carbocycles. The van der Waals surface area contributed by atoms with E-state index in [0.717, 1.165) is 4.90 Å². The highest BCUT2D eigenvalue weighted by molar-refractivity contribution is 5.43. The highest BCUT2D eigenvalue weighted by atomic mass is 19.4. The van der Waals surface area contributed by atoms with E-state index in [1.54, 1.807) is 6.07 Å². The summed E-state index contributed by atoms with van der Waals surface area (Å²) in [5.74, 6) is 0.120. The lowest BCUT2D eigenvalue weighted by atomic mass is 10.2. The second-order valence-electron chi connectivity index (χ2n) is 4.10. The molecular formula is C12H17F3N2O2. The summed E-state index contributed by atoms with van der Waals surface area (Å²) in [6.07, 6.45) is -3.82. The minimum atomic E-state index is -4.38. The molecule has 0 saturated heterocycles. The van der Waals surface area contributed by atoms with Crippen molar-refractivity contribution < 1.29 is 23.4 Å². The monoisotopic (exact) mass is 278 g/mol. The van der Waals surface area contributed by atoms with Crippen LogP contribution in [0.2, 0.25) is 0 Å². The zero-order valence-electron chi connectivity index (χ0n) is 10.6. The summed E-state index contributed by atoms with van der Waals surface area (Å²) < 4.78 is 37.4. The highest BCUT2D eigenvalue weighted by Crippen LogP contribution is 2.22. The molecule has 1 aromatic rings. The van der Waals surface area contributed by atoms with Crippen molar-refractivity contribution in [1.29, 1.82) is 0 Å².